The summed E-state index contributed by atoms with van der Waals surface area (Å²) in [6.45, 7) is 10.0. The van der Waals surface area contributed by atoms with Crippen LogP contribution in [0.5, 0.6) is 17.2 Å². The Balaban J connectivity index is 1.26. The van der Waals surface area contributed by atoms with E-state index in [4.69, 9.17) is 29.2 Å². The van der Waals surface area contributed by atoms with Crippen LogP contribution in [-0.4, -0.2) is 94.7 Å². The fourth-order valence-electron chi connectivity index (χ4n) is 6.34. The van der Waals surface area contributed by atoms with Gasteiger partial charge in [0.05, 0.1) is 26.2 Å². The topological polar surface area (TPSA) is 118 Å². The Bertz CT molecular complexity index is 1690. The summed E-state index contributed by atoms with van der Waals surface area (Å²) in [7, 11) is 3.32. The number of carbonyl (C=O) groups excluding carboxylic acids is 1. The number of amides is 1. The Morgan fingerprint density at radius 3 is 2.26 bits per heavy atom. The molecule has 2 aromatic carbocycles. The first kappa shape index (κ1) is 32.2. The number of ether oxygens (including phenoxy) is 3. The molecule has 6 rings (SSSR count). The molecule has 1 N–H and O–H groups in total. The molecule has 4 heterocycles. The van der Waals surface area contributed by atoms with Gasteiger partial charge < -0.3 is 38.6 Å². The zero-order valence-corrected chi connectivity index (χ0v) is 28.0. The summed E-state index contributed by atoms with van der Waals surface area (Å²) in [6, 6.07) is 13.4. The Labute approximate surface area is 275 Å². The van der Waals surface area contributed by atoms with Gasteiger partial charge >= 0.3 is 6.09 Å². The Morgan fingerprint density at radius 1 is 0.894 bits per heavy atom. The SMILES string of the molecule is COc1ccc(CCc2nc(N3CCN(c4ccc(O)cc4)CC3)nc3c2ncn3C2CCN(C(=O)OC(C)(C)C)CC2)c(OC)c1. The minimum Gasteiger partial charge on any atom is -0.508 e. The molecular formula is C35H45N7O5. The maximum absolute atomic E-state index is 12.7. The van der Waals surface area contributed by atoms with Crippen molar-refractivity contribution in [2.45, 2.75) is 58.1 Å². The molecule has 1 amide bonds. The second-order valence-electron chi connectivity index (χ2n) is 13.2. The number of methoxy groups -OCH3 is 2. The maximum atomic E-state index is 12.7. The molecule has 2 saturated heterocycles. The predicted octanol–water partition coefficient (Wildman–Crippen LogP) is 5.23. The number of benzene rings is 2. The average Bonchev–Trinajstić information content (AvgIpc) is 3.51. The lowest BCUT2D eigenvalue weighted by atomic mass is 10.0. The number of likely N-dealkylation sites (tertiary alicyclic amines) is 1. The highest BCUT2D eigenvalue weighted by Gasteiger charge is 2.30. The summed E-state index contributed by atoms with van der Waals surface area (Å²) in [4.78, 5) is 34.2. The number of piperidine rings is 1. The first-order valence-corrected chi connectivity index (χ1v) is 16.3. The molecule has 47 heavy (non-hydrogen) atoms. The fraction of sp³-hybridized carbons (Fsp3) is 0.486. The molecule has 0 atom stereocenters. The molecule has 2 aliphatic rings. The molecule has 0 saturated carbocycles. The third kappa shape index (κ3) is 7.31. The molecule has 0 spiro atoms. The molecular weight excluding hydrogens is 598 g/mol. The maximum Gasteiger partial charge on any atom is 0.410 e. The Morgan fingerprint density at radius 2 is 1.60 bits per heavy atom. The van der Waals surface area contributed by atoms with E-state index in [1.807, 2.05) is 57.4 Å². The second kappa shape index (κ2) is 13.5. The van der Waals surface area contributed by atoms with Crippen LogP contribution in [0.4, 0.5) is 16.4 Å². The van der Waals surface area contributed by atoms with Crippen LogP contribution in [0.2, 0.25) is 0 Å². The van der Waals surface area contributed by atoms with Gasteiger partial charge in [-0.2, -0.15) is 4.98 Å². The summed E-state index contributed by atoms with van der Waals surface area (Å²) < 4.78 is 18.9. The summed E-state index contributed by atoms with van der Waals surface area (Å²) >= 11 is 0. The van der Waals surface area contributed by atoms with Gasteiger partial charge in [0.2, 0.25) is 5.95 Å². The number of hydrogen-bond acceptors (Lipinski definition) is 10. The molecule has 2 fully saturated rings. The lowest BCUT2D eigenvalue weighted by Gasteiger charge is -2.36. The van der Waals surface area contributed by atoms with E-state index >= 15 is 0 Å². The number of anilines is 2. The van der Waals surface area contributed by atoms with Crippen molar-refractivity contribution in [3.8, 4) is 17.2 Å². The molecule has 250 valence electrons. The molecule has 0 unspecified atom stereocenters. The fourth-order valence-corrected chi connectivity index (χ4v) is 6.34. The van der Waals surface area contributed by atoms with E-state index in [0.29, 0.717) is 31.9 Å². The minimum atomic E-state index is -0.524. The number of aryl methyl sites for hydroxylation is 2. The molecule has 2 aromatic heterocycles. The molecule has 12 heteroatoms. The van der Waals surface area contributed by atoms with E-state index in [1.54, 1.807) is 31.3 Å². The number of fused-ring (bicyclic) bond motifs is 1. The highest BCUT2D eigenvalue weighted by molar-refractivity contribution is 5.75. The van der Waals surface area contributed by atoms with Crippen LogP contribution in [0, 0.1) is 0 Å². The van der Waals surface area contributed by atoms with Gasteiger partial charge in [-0.05, 0) is 82.3 Å². The van der Waals surface area contributed by atoms with Crippen molar-refractivity contribution in [3.63, 3.8) is 0 Å². The van der Waals surface area contributed by atoms with Crippen LogP contribution in [0.3, 0.4) is 0 Å². The standard InChI is InChI=1S/C35H45N7O5/c1-35(2,3)47-34(44)41-16-14-26(15-17-41)42-23-36-31-29(13-7-24-6-12-28(45-4)22-30(24)46-5)37-33(38-32(31)42)40-20-18-39(19-21-40)25-8-10-27(43)11-9-25/h6,8-12,22-23,26,43H,7,13-21H2,1-5H3. The summed E-state index contributed by atoms with van der Waals surface area (Å²) in [5.74, 6) is 2.50. The summed E-state index contributed by atoms with van der Waals surface area (Å²) in [5, 5.41) is 9.72. The number of aromatic hydroxyl groups is 1. The van der Waals surface area contributed by atoms with E-state index in [-0.39, 0.29) is 17.9 Å². The van der Waals surface area contributed by atoms with Gasteiger partial charge in [0, 0.05) is 57.1 Å². The Hall–Kier alpha value is -4.74. The van der Waals surface area contributed by atoms with Gasteiger partial charge in [-0.1, -0.05) is 6.07 Å². The van der Waals surface area contributed by atoms with Crippen LogP contribution in [0.15, 0.2) is 48.8 Å². The van der Waals surface area contributed by atoms with Crippen molar-refractivity contribution in [1.82, 2.24) is 24.4 Å². The van der Waals surface area contributed by atoms with E-state index in [9.17, 15) is 9.90 Å². The largest absolute Gasteiger partial charge is 0.508 e. The number of phenols is 1. The van der Waals surface area contributed by atoms with E-state index in [2.05, 4.69) is 14.4 Å². The lowest BCUT2D eigenvalue weighted by molar-refractivity contribution is 0.0189. The van der Waals surface area contributed by atoms with Crippen LogP contribution in [0.1, 0.15) is 50.9 Å². The van der Waals surface area contributed by atoms with Gasteiger partial charge in [-0.3, -0.25) is 0 Å². The Kier molecular flexibility index (Phi) is 9.28. The number of nitrogens with zero attached hydrogens (tertiary/aromatic N) is 7. The number of phenolic OH excluding ortho intramolecular Hbond substituents is 1. The van der Waals surface area contributed by atoms with Gasteiger partial charge in [0.1, 0.15) is 28.4 Å². The lowest BCUT2D eigenvalue weighted by Crippen LogP contribution is -2.47. The van der Waals surface area contributed by atoms with Crippen LogP contribution in [0.25, 0.3) is 11.2 Å². The van der Waals surface area contributed by atoms with E-state index in [0.717, 1.165) is 78.6 Å². The second-order valence-corrected chi connectivity index (χ2v) is 13.2. The zero-order valence-electron chi connectivity index (χ0n) is 28.0. The van der Waals surface area contributed by atoms with Crippen LogP contribution >= 0.6 is 0 Å². The summed E-state index contributed by atoms with van der Waals surface area (Å²) in [6.07, 6.45) is 4.57. The number of rotatable bonds is 8. The highest BCUT2D eigenvalue weighted by atomic mass is 16.6. The van der Waals surface area contributed by atoms with E-state index < -0.39 is 5.60 Å². The number of piperazine rings is 1. The molecule has 0 radical (unpaired) electrons. The molecule has 0 aliphatic carbocycles. The van der Waals surface area contributed by atoms with Crippen LogP contribution < -0.4 is 19.3 Å². The monoisotopic (exact) mass is 643 g/mol. The first-order chi connectivity index (χ1) is 22.6. The highest BCUT2D eigenvalue weighted by Crippen LogP contribution is 2.31. The van der Waals surface area contributed by atoms with Crippen molar-refractivity contribution in [3.05, 3.63) is 60.0 Å². The number of carbonyl (C=O) groups is 1. The molecule has 2 aliphatic heterocycles. The zero-order chi connectivity index (χ0) is 33.1. The summed E-state index contributed by atoms with van der Waals surface area (Å²) in [5.41, 5.74) is 4.15. The van der Waals surface area contributed by atoms with Gasteiger partial charge in [-0.25, -0.2) is 14.8 Å². The van der Waals surface area contributed by atoms with Crippen molar-refractivity contribution in [2.24, 2.45) is 0 Å². The van der Waals surface area contributed by atoms with Crippen LogP contribution in [-0.2, 0) is 17.6 Å². The number of aromatic nitrogens is 4. The van der Waals surface area contributed by atoms with Crippen molar-refractivity contribution < 1.29 is 24.1 Å². The molecule has 0 bridgehead atoms. The van der Waals surface area contributed by atoms with Crippen molar-refractivity contribution >= 4 is 28.9 Å². The molecule has 12 nitrogen and oxygen atoms in total. The average molecular weight is 644 g/mol. The van der Waals surface area contributed by atoms with Gasteiger partial charge in [0.25, 0.3) is 0 Å². The van der Waals surface area contributed by atoms with E-state index in [1.165, 1.54) is 0 Å². The smallest absolute Gasteiger partial charge is 0.410 e. The van der Waals surface area contributed by atoms with Gasteiger partial charge in [-0.15, -0.1) is 0 Å². The van der Waals surface area contributed by atoms with Crippen molar-refractivity contribution in [2.75, 3.05) is 63.3 Å². The van der Waals surface area contributed by atoms with Crippen molar-refractivity contribution in [1.29, 1.82) is 0 Å². The quantitative estimate of drug-likeness (QED) is 0.273. The van der Waals surface area contributed by atoms with Gasteiger partial charge in [0.15, 0.2) is 5.65 Å². The number of imidazole rings is 1. The molecule has 4 aromatic rings. The first-order valence-electron chi connectivity index (χ1n) is 16.3. The predicted molar refractivity (Wildman–Crippen MR) is 181 cm³/mol. The minimum absolute atomic E-state index is 0.155. The normalized spacial score (nSPS) is 16.1. The number of hydrogen-bond donors (Lipinski definition) is 1. The third-order valence-corrected chi connectivity index (χ3v) is 8.89. The third-order valence-electron chi connectivity index (χ3n) is 8.89.